The molecule has 0 amide bonds. The normalized spacial score (nSPS) is 18.2. The van der Waals surface area contributed by atoms with Gasteiger partial charge in [-0.15, -0.1) is 10.2 Å². The van der Waals surface area contributed by atoms with E-state index >= 15 is 0 Å². The Balaban J connectivity index is 1.67. The Morgan fingerprint density at radius 1 is 1.35 bits per heavy atom. The highest BCUT2D eigenvalue weighted by Gasteiger charge is 2.21. The third-order valence-electron chi connectivity index (χ3n) is 4.02. The molecule has 0 aromatic carbocycles. The highest BCUT2D eigenvalue weighted by atomic mass is 32.2. The van der Waals surface area contributed by atoms with E-state index in [1.54, 1.807) is 11.8 Å². The van der Waals surface area contributed by atoms with E-state index in [1.165, 1.54) is 0 Å². The molecule has 7 heteroatoms. The van der Waals surface area contributed by atoms with E-state index in [-0.39, 0.29) is 6.10 Å². The summed E-state index contributed by atoms with van der Waals surface area (Å²) < 4.78 is 13.6. The molecule has 0 saturated carbocycles. The van der Waals surface area contributed by atoms with Crippen molar-refractivity contribution in [3.8, 4) is 0 Å². The van der Waals surface area contributed by atoms with Gasteiger partial charge in [0.2, 0.25) is 0 Å². The number of hydrogen-bond acceptors (Lipinski definition) is 6. The van der Waals surface area contributed by atoms with Gasteiger partial charge >= 0.3 is 0 Å². The predicted octanol–water partition coefficient (Wildman–Crippen LogP) is 2.71. The highest BCUT2D eigenvalue weighted by molar-refractivity contribution is 7.98. The summed E-state index contributed by atoms with van der Waals surface area (Å²) in [7, 11) is 2.07. The smallest absolute Gasteiger partial charge is 0.191 e. The predicted molar refractivity (Wildman–Crippen MR) is 89.4 cm³/mol. The van der Waals surface area contributed by atoms with E-state index in [4.69, 9.17) is 9.15 Å². The summed E-state index contributed by atoms with van der Waals surface area (Å²) in [4.78, 5) is 2.19. The van der Waals surface area contributed by atoms with E-state index in [9.17, 15) is 0 Å². The average molecular weight is 336 g/mol. The van der Waals surface area contributed by atoms with Gasteiger partial charge in [0.25, 0.3) is 0 Å². The minimum absolute atomic E-state index is 0.286. The molecule has 1 saturated heterocycles. The van der Waals surface area contributed by atoms with Crippen LogP contribution in [0.15, 0.2) is 21.7 Å². The summed E-state index contributed by atoms with van der Waals surface area (Å²) in [6, 6.07) is 4.02. The Kier molecular flexibility index (Phi) is 5.40. The largest absolute Gasteiger partial charge is 0.465 e. The molecule has 0 unspecified atom stereocenters. The van der Waals surface area contributed by atoms with Crippen LogP contribution in [-0.2, 0) is 24.4 Å². The van der Waals surface area contributed by atoms with Crippen LogP contribution in [0, 0.1) is 6.92 Å². The van der Waals surface area contributed by atoms with Crippen LogP contribution in [0.2, 0.25) is 0 Å². The number of aryl methyl sites for hydroxylation is 1. The van der Waals surface area contributed by atoms with E-state index in [1.807, 2.05) is 25.3 Å². The van der Waals surface area contributed by atoms with Crippen molar-refractivity contribution in [2.75, 3.05) is 19.9 Å². The first-order chi connectivity index (χ1) is 11.2. The first-order valence-corrected chi connectivity index (χ1v) is 9.19. The Morgan fingerprint density at radius 3 is 2.87 bits per heavy atom. The van der Waals surface area contributed by atoms with Crippen molar-refractivity contribution in [3.63, 3.8) is 0 Å². The van der Waals surface area contributed by atoms with Gasteiger partial charge < -0.3 is 13.7 Å². The molecular weight excluding hydrogens is 312 g/mol. The van der Waals surface area contributed by atoms with Gasteiger partial charge in [-0.25, -0.2) is 0 Å². The first kappa shape index (κ1) is 16.5. The van der Waals surface area contributed by atoms with Crippen molar-refractivity contribution in [1.29, 1.82) is 0 Å². The first-order valence-electron chi connectivity index (χ1n) is 7.97. The quantitative estimate of drug-likeness (QED) is 0.725. The van der Waals surface area contributed by atoms with Crippen LogP contribution in [0.1, 0.15) is 30.2 Å². The Labute approximate surface area is 141 Å². The molecule has 0 radical (unpaired) electrons. The van der Waals surface area contributed by atoms with Crippen LogP contribution in [0.25, 0.3) is 0 Å². The van der Waals surface area contributed by atoms with Crippen LogP contribution in [0.5, 0.6) is 0 Å². The number of furan rings is 1. The standard InChI is InChI=1S/C16H24N4O2S/c1-12-6-7-14(22-12)9-19(2)11-15-17-18-16(23-3)20(15)10-13-5-4-8-21-13/h6-7,13H,4-5,8-11H2,1-3H3/t13-/m0/s1. The molecule has 126 valence electrons. The third-order valence-corrected chi connectivity index (χ3v) is 4.69. The topological polar surface area (TPSA) is 56.3 Å². The van der Waals surface area contributed by atoms with Gasteiger partial charge in [0.05, 0.1) is 25.7 Å². The number of aromatic nitrogens is 3. The second-order valence-corrected chi connectivity index (χ2v) is 6.81. The molecule has 3 heterocycles. The molecular formula is C16H24N4O2S. The van der Waals surface area contributed by atoms with Crippen molar-refractivity contribution in [3.05, 3.63) is 29.5 Å². The zero-order valence-corrected chi connectivity index (χ0v) is 14.8. The van der Waals surface area contributed by atoms with E-state index in [0.29, 0.717) is 0 Å². The third kappa shape index (κ3) is 4.16. The second kappa shape index (κ2) is 7.51. The fraction of sp³-hybridized carbons (Fsp3) is 0.625. The number of ether oxygens (including phenoxy) is 1. The minimum Gasteiger partial charge on any atom is -0.465 e. The lowest BCUT2D eigenvalue weighted by Crippen LogP contribution is -2.23. The summed E-state index contributed by atoms with van der Waals surface area (Å²) in [5.74, 6) is 2.90. The van der Waals surface area contributed by atoms with Crippen molar-refractivity contribution >= 4 is 11.8 Å². The van der Waals surface area contributed by atoms with Gasteiger partial charge in [0.1, 0.15) is 17.3 Å². The van der Waals surface area contributed by atoms with Gasteiger partial charge in [0, 0.05) is 6.61 Å². The molecule has 23 heavy (non-hydrogen) atoms. The second-order valence-electron chi connectivity index (χ2n) is 6.03. The van der Waals surface area contributed by atoms with Crippen LogP contribution in [-0.4, -0.2) is 45.7 Å². The minimum atomic E-state index is 0.286. The van der Waals surface area contributed by atoms with Gasteiger partial charge in [-0.2, -0.15) is 0 Å². The van der Waals surface area contributed by atoms with Gasteiger partial charge in [-0.05, 0) is 45.2 Å². The maximum absolute atomic E-state index is 5.77. The van der Waals surface area contributed by atoms with Gasteiger partial charge in [-0.1, -0.05) is 11.8 Å². The zero-order valence-electron chi connectivity index (χ0n) is 14.0. The summed E-state index contributed by atoms with van der Waals surface area (Å²) in [6.45, 7) is 5.17. The summed E-state index contributed by atoms with van der Waals surface area (Å²) in [5, 5.41) is 9.65. The lowest BCUT2D eigenvalue weighted by atomic mass is 10.2. The zero-order chi connectivity index (χ0) is 16.2. The Bertz CT molecular complexity index is 634. The van der Waals surface area contributed by atoms with Crippen molar-refractivity contribution in [1.82, 2.24) is 19.7 Å². The van der Waals surface area contributed by atoms with E-state index in [2.05, 4.69) is 26.7 Å². The molecule has 1 aliphatic rings. The Hall–Kier alpha value is -1.31. The highest BCUT2D eigenvalue weighted by Crippen LogP contribution is 2.20. The number of nitrogens with zero attached hydrogens (tertiary/aromatic N) is 4. The maximum Gasteiger partial charge on any atom is 0.191 e. The molecule has 1 atom stereocenters. The van der Waals surface area contributed by atoms with E-state index < -0.39 is 0 Å². The lowest BCUT2D eigenvalue weighted by Gasteiger charge is -2.18. The molecule has 0 bridgehead atoms. The number of rotatable bonds is 7. The SMILES string of the molecule is CSc1nnc(CN(C)Cc2ccc(C)o2)n1C[C@@H]1CCCO1. The molecule has 0 N–H and O–H groups in total. The fourth-order valence-electron chi connectivity index (χ4n) is 2.90. The molecule has 0 spiro atoms. The molecule has 0 aliphatic carbocycles. The van der Waals surface area contributed by atoms with Gasteiger partial charge in [-0.3, -0.25) is 4.90 Å². The summed E-state index contributed by atoms with van der Waals surface area (Å²) >= 11 is 1.63. The average Bonchev–Trinajstić information content (AvgIpc) is 3.24. The van der Waals surface area contributed by atoms with Crippen molar-refractivity contribution < 1.29 is 9.15 Å². The van der Waals surface area contributed by atoms with E-state index in [0.717, 1.165) is 61.6 Å². The molecule has 1 aliphatic heterocycles. The van der Waals surface area contributed by atoms with Crippen LogP contribution in [0.3, 0.4) is 0 Å². The van der Waals surface area contributed by atoms with Crippen molar-refractivity contribution in [2.45, 2.75) is 50.7 Å². The molecule has 2 aromatic heterocycles. The maximum atomic E-state index is 5.77. The number of hydrogen-bond donors (Lipinski definition) is 0. The molecule has 3 rings (SSSR count). The van der Waals surface area contributed by atoms with Crippen LogP contribution < -0.4 is 0 Å². The van der Waals surface area contributed by atoms with Crippen LogP contribution in [0.4, 0.5) is 0 Å². The summed E-state index contributed by atoms with van der Waals surface area (Å²) in [6.07, 6.45) is 4.59. The fourth-order valence-corrected chi connectivity index (χ4v) is 3.42. The van der Waals surface area contributed by atoms with Gasteiger partial charge in [0.15, 0.2) is 5.16 Å². The van der Waals surface area contributed by atoms with Crippen molar-refractivity contribution in [2.24, 2.45) is 0 Å². The van der Waals surface area contributed by atoms with Crippen LogP contribution >= 0.6 is 11.8 Å². The molecule has 1 fully saturated rings. The Morgan fingerprint density at radius 2 is 2.22 bits per heavy atom. The lowest BCUT2D eigenvalue weighted by molar-refractivity contribution is 0.0933. The molecule has 6 nitrogen and oxygen atoms in total. The number of thioether (sulfide) groups is 1. The summed E-state index contributed by atoms with van der Waals surface area (Å²) in [5.41, 5.74) is 0. The molecule has 2 aromatic rings. The monoisotopic (exact) mass is 336 g/mol.